The number of carbonyl (C=O) groups excluding carboxylic acids is 1. The van der Waals surface area contributed by atoms with Gasteiger partial charge in [0, 0.05) is 11.3 Å². The molecule has 0 unspecified atom stereocenters. The molecule has 0 aliphatic rings. The Labute approximate surface area is 173 Å². The second-order valence-electron chi connectivity index (χ2n) is 6.55. The molecule has 5 nitrogen and oxygen atoms in total. The van der Waals surface area contributed by atoms with Crippen molar-refractivity contribution in [1.82, 2.24) is 4.98 Å². The van der Waals surface area contributed by atoms with Crippen LogP contribution in [0.3, 0.4) is 0 Å². The minimum atomic E-state index is -0.230. The molecule has 0 aliphatic heterocycles. The predicted molar refractivity (Wildman–Crippen MR) is 115 cm³/mol. The van der Waals surface area contributed by atoms with Gasteiger partial charge in [-0.15, -0.1) is 0 Å². The molecule has 0 saturated carbocycles. The second-order valence-corrected chi connectivity index (χ2v) is 6.96. The van der Waals surface area contributed by atoms with Crippen LogP contribution in [0.4, 0.5) is 5.69 Å². The van der Waals surface area contributed by atoms with Crippen molar-refractivity contribution in [1.29, 1.82) is 0 Å². The Bertz CT molecular complexity index is 1180. The zero-order valence-corrected chi connectivity index (χ0v) is 16.8. The van der Waals surface area contributed by atoms with E-state index in [1.165, 1.54) is 5.56 Å². The number of nitrogens with zero attached hydrogens (tertiary/aromatic N) is 1. The molecule has 0 bridgehead atoms. The van der Waals surface area contributed by atoms with Gasteiger partial charge in [0.05, 0.1) is 17.7 Å². The Morgan fingerprint density at radius 1 is 1.10 bits per heavy atom. The molecule has 0 atom stereocenters. The minimum Gasteiger partial charge on any atom is -0.497 e. The highest BCUT2D eigenvalue weighted by Crippen LogP contribution is 2.32. The molecule has 4 aromatic rings. The first-order valence-corrected chi connectivity index (χ1v) is 9.60. The van der Waals surface area contributed by atoms with Crippen LogP contribution in [-0.2, 0) is 6.42 Å². The fourth-order valence-corrected chi connectivity index (χ4v) is 3.22. The predicted octanol–water partition coefficient (Wildman–Crippen LogP) is 5.97. The smallest absolute Gasteiger partial charge is 0.255 e. The highest BCUT2D eigenvalue weighted by Gasteiger charge is 2.14. The van der Waals surface area contributed by atoms with E-state index in [-0.39, 0.29) is 5.91 Å². The van der Waals surface area contributed by atoms with Crippen molar-refractivity contribution in [3.8, 4) is 17.2 Å². The van der Waals surface area contributed by atoms with E-state index in [4.69, 9.17) is 20.8 Å². The lowest BCUT2D eigenvalue weighted by Gasteiger charge is -2.08. The van der Waals surface area contributed by atoms with Crippen LogP contribution in [0.15, 0.2) is 65.1 Å². The van der Waals surface area contributed by atoms with Crippen LogP contribution in [-0.4, -0.2) is 18.0 Å². The van der Waals surface area contributed by atoms with Gasteiger partial charge < -0.3 is 14.5 Å². The number of fused-ring (bicyclic) bond motifs is 1. The van der Waals surface area contributed by atoms with Crippen LogP contribution in [0.1, 0.15) is 22.8 Å². The molecule has 1 N–H and O–H groups in total. The fourth-order valence-electron chi connectivity index (χ4n) is 3.02. The summed E-state index contributed by atoms with van der Waals surface area (Å²) in [6.45, 7) is 2.09. The normalized spacial score (nSPS) is 10.9. The van der Waals surface area contributed by atoms with Gasteiger partial charge in [0.25, 0.3) is 5.91 Å². The number of benzene rings is 3. The molecule has 29 heavy (non-hydrogen) atoms. The standard InChI is InChI=1S/C23H19ClN2O3/c1-3-14-4-11-21-20(12-14)26-23(29-21)18-13-16(7-10-19(18)24)25-22(27)15-5-8-17(28-2)9-6-15/h4-13H,3H2,1-2H3,(H,25,27). The van der Waals surface area contributed by atoms with E-state index < -0.39 is 0 Å². The van der Waals surface area contributed by atoms with Crippen molar-refractivity contribution in [2.24, 2.45) is 0 Å². The molecule has 0 aliphatic carbocycles. The molecule has 1 heterocycles. The lowest BCUT2D eigenvalue weighted by molar-refractivity contribution is 0.102. The molecule has 3 aromatic carbocycles. The van der Waals surface area contributed by atoms with Gasteiger partial charge in [-0.1, -0.05) is 24.6 Å². The lowest BCUT2D eigenvalue weighted by Crippen LogP contribution is -2.11. The van der Waals surface area contributed by atoms with Crippen LogP contribution in [0.2, 0.25) is 5.02 Å². The molecular weight excluding hydrogens is 388 g/mol. The van der Waals surface area contributed by atoms with Crippen LogP contribution in [0.25, 0.3) is 22.6 Å². The van der Waals surface area contributed by atoms with Crippen molar-refractivity contribution >= 4 is 34.3 Å². The zero-order chi connectivity index (χ0) is 20.4. The number of anilines is 1. The summed E-state index contributed by atoms with van der Waals surface area (Å²) in [7, 11) is 1.58. The summed E-state index contributed by atoms with van der Waals surface area (Å²) >= 11 is 6.38. The average Bonchev–Trinajstić information content (AvgIpc) is 3.18. The first kappa shape index (κ1) is 19.0. The van der Waals surface area contributed by atoms with Crippen molar-refractivity contribution in [3.05, 3.63) is 76.8 Å². The van der Waals surface area contributed by atoms with E-state index in [1.54, 1.807) is 49.6 Å². The molecule has 4 rings (SSSR count). The fraction of sp³-hybridized carbons (Fsp3) is 0.130. The first-order valence-electron chi connectivity index (χ1n) is 9.22. The van der Waals surface area contributed by atoms with E-state index in [9.17, 15) is 4.79 Å². The number of amides is 1. The van der Waals surface area contributed by atoms with Crippen molar-refractivity contribution in [3.63, 3.8) is 0 Å². The number of ether oxygens (including phenoxy) is 1. The second kappa shape index (κ2) is 7.97. The lowest BCUT2D eigenvalue weighted by atomic mass is 10.1. The quantitative estimate of drug-likeness (QED) is 0.443. The number of aryl methyl sites for hydroxylation is 1. The Hall–Kier alpha value is -3.31. The molecule has 1 aromatic heterocycles. The van der Waals surface area contributed by atoms with Gasteiger partial charge >= 0.3 is 0 Å². The molecule has 1 amide bonds. The van der Waals surface area contributed by atoms with E-state index in [1.807, 2.05) is 18.2 Å². The van der Waals surface area contributed by atoms with Gasteiger partial charge in [0.15, 0.2) is 5.58 Å². The summed E-state index contributed by atoms with van der Waals surface area (Å²) in [5, 5.41) is 3.37. The molecule has 146 valence electrons. The summed E-state index contributed by atoms with van der Waals surface area (Å²) < 4.78 is 11.0. The van der Waals surface area contributed by atoms with Crippen LogP contribution >= 0.6 is 11.6 Å². The summed E-state index contributed by atoms with van der Waals surface area (Å²) in [5.41, 5.74) is 4.40. The van der Waals surface area contributed by atoms with E-state index in [2.05, 4.69) is 17.2 Å². The molecule has 0 saturated heterocycles. The Morgan fingerprint density at radius 3 is 2.62 bits per heavy atom. The van der Waals surface area contributed by atoms with E-state index in [0.29, 0.717) is 39.1 Å². The number of aromatic nitrogens is 1. The Kier molecular flexibility index (Phi) is 5.23. The van der Waals surface area contributed by atoms with Gasteiger partial charge in [0.1, 0.15) is 11.3 Å². The molecular formula is C23H19ClN2O3. The maximum absolute atomic E-state index is 12.5. The number of carbonyl (C=O) groups is 1. The summed E-state index contributed by atoms with van der Waals surface area (Å²) in [6.07, 6.45) is 0.922. The first-order chi connectivity index (χ1) is 14.1. The molecule has 0 radical (unpaired) electrons. The van der Waals surface area contributed by atoms with Crippen LogP contribution in [0, 0.1) is 0 Å². The number of hydrogen-bond acceptors (Lipinski definition) is 4. The van der Waals surface area contributed by atoms with Crippen molar-refractivity contribution in [2.45, 2.75) is 13.3 Å². The SMILES string of the molecule is CCc1ccc2oc(-c3cc(NC(=O)c4ccc(OC)cc4)ccc3Cl)nc2c1. The number of rotatable bonds is 5. The third-order valence-electron chi connectivity index (χ3n) is 4.67. The zero-order valence-electron chi connectivity index (χ0n) is 16.0. The summed E-state index contributed by atoms with van der Waals surface area (Å²) in [6, 6.07) is 18.0. The average molecular weight is 407 g/mol. The molecule has 0 fully saturated rings. The van der Waals surface area contributed by atoms with Gasteiger partial charge in [0.2, 0.25) is 5.89 Å². The number of nitrogens with one attached hydrogen (secondary N) is 1. The molecule has 0 spiro atoms. The van der Waals surface area contributed by atoms with Crippen molar-refractivity contribution < 1.29 is 13.9 Å². The van der Waals surface area contributed by atoms with Gasteiger partial charge in [-0.2, -0.15) is 0 Å². The number of methoxy groups -OCH3 is 1. The number of oxazole rings is 1. The Morgan fingerprint density at radius 2 is 1.90 bits per heavy atom. The number of hydrogen-bond donors (Lipinski definition) is 1. The topological polar surface area (TPSA) is 64.4 Å². The highest BCUT2D eigenvalue weighted by atomic mass is 35.5. The largest absolute Gasteiger partial charge is 0.497 e. The third-order valence-corrected chi connectivity index (χ3v) is 5.00. The summed E-state index contributed by atoms with van der Waals surface area (Å²) in [5.74, 6) is 0.877. The number of halogens is 1. The van der Waals surface area contributed by atoms with Crippen LogP contribution < -0.4 is 10.1 Å². The maximum atomic E-state index is 12.5. The van der Waals surface area contributed by atoms with E-state index >= 15 is 0 Å². The Balaban J connectivity index is 1.62. The minimum absolute atomic E-state index is 0.230. The molecule has 6 heteroatoms. The van der Waals surface area contributed by atoms with Gasteiger partial charge in [-0.05, 0) is 66.6 Å². The monoisotopic (exact) mass is 406 g/mol. The van der Waals surface area contributed by atoms with Crippen molar-refractivity contribution in [2.75, 3.05) is 12.4 Å². The highest BCUT2D eigenvalue weighted by molar-refractivity contribution is 6.33. The van der Waals surface area contributed by atoms with Gasteiger partial charge in [-0.3, -0.25) is 4.79 Å². The van der Waals surface area contributed by atoms with E-state index in [0.717, 1.165) is 11.9 Å². The third kappa shape index (κ3) is 3.96. The van der Waals surface area contributed by atoms with Gasteiger partial charge in [-0.25, -0.2) is 4.98 Å². The summed E-state index contributed by atoms with van der Waals surface area (Å²) in [4.78, 5) is 17.1. The van der Waals surface area contributed by atoms with Crippen LogP contribution in [0.5, 0.6) is 5.75 Å². The maximum Gasteiger partial charge on any atom is 0.255 e.